The van der Waals surface area contributed by atoms with E-state index in [0.717, 1.165) is 31.0 Å². The molecule has 2 rings (SSSR count). The van der Waals surface area contributed by atoms with Crippen molar-refractivity contribution in [1.29, 1.82) is 0 Å². The molecular weight excluding hydrogens is 328 g/mol. The summed E-state index contributed by atoms with van der Waals surface area (Å²) >= 11 is 1.85. The minimum atomic E-state index is -0.625. The van der Waals surface area contributed by atoms with Crippen LogP contribution in [0.4, 0.5) is 0 Å². The van der Waals surface area contributed by atoms with Crippen molar-refractivity contribution in [2.24, 2.45) is 11.7 Å². The van der Waals surface area contributed by atoms with Crippen LogP contribution in [0.5, 0.6) is 0 Å². The van der Waals surface area contributed by atoms with Crippen LogP contribution in [0, 0.1) is 5.92 Å². The lowest BCUT2D eigenvalue weighted by atomic mass is 10.1. The maximum atomic E-state index is 12.7. The minimum Gasteiger partial charge on any atom is -0.346 e. The maximum absolute atomic E-state index is 12.7. The lowest BCUT2D eigenvalue weighted by Crippen LogP contribution is -2.53. The highest BCUT2D eigenvalue weighted by Gasteiger charge is 2.36. The van der Waals surface area contributed by atoms with Crippen molar-refractivity contribution in [3.05, 3.63) is 0 Å². The average molecular weight is 356 g/mol. The van der Waals surface area contributed by atoms with Crippen LogP contribution < -0.4 is 11.1 Å². The van der Waals surface area contributed by atoms with Crippen LogP contribution >= 0.6 is 11.8 Å². The fourth-order valence-corrected chi connectivity index (χ4v) is 3.90. The Morgan fingerprint density at radius 2 is 1.88 bits per heavy atom. The second-order valence-electron chi connectivity index (χ2n) is 6.67. The van der Waals surface area contributed by atoms with Gasteiger partial charge in [-0.15, -0.1) is 0 Å². The van der Waals surface area contributed by atoms with Gasteiger partial charge in [-0.3, -0.25) is 14.4 Å². The van der Waals surface area contributed by atoms with Gasteiger partial charge in [0.15, 0.2) is 0 Å². The number of nitrogens with one attached hydrogen (secondary N) is 1. The topological polar surface area (TPSA) is 95.7 Å². The lowest BCUT2D eigenvalue weighted by molar-refractivity contribution is -0.143. The summed E-state index contributed by atoms with van der Waals surface area (Å²) in [5.41, 5.74) is 5.77. The first-order valence-electron chi connectivity index (χ1n) is 8.61. The molecule has 3 N–H and O–H groups in total. The molecule has 2 aliphatic heterocycles. The van der Waals surface area contributed by atoms with Crippen molar-refractivity contribution in [1.82, 2.24) is 15.1 Å². The number of likely N-dealkylation sites (tertiary alicyclic amines) is 1. The normalized spacial score (nSPS) is 22.6. The van der Waals surface area contributed by atoms with Gasteiger partial charge in [0.25, 0.3) is 0 Å². The predicted molar refractivity (Wildman–Crippen MR) is 94.5 cm³/mol. The van der Waals surface area contributed by atoms with E-state index < -0.39 is 6.04 Å². The number of hydrogen-bond acceptors (Lipinski definition) is 5. The predicted octanol–water partition coefficient (Wildman–Crippen LogP) is -0.348. The van der Waals surface area contributed by atoms with Gasteiger partial charge >= 0.3 is 0 Å². The van der Waals surface area contributed by atoms with Gasteiger partial charge in [0.05, 0.1) is 12.6 Å². The Hall–Kier alpha value is -1.28. The van der Waals surface area contributed by atoms with Crippen LogP contribution in [0.3, 0.4) is 0 Å². The molecule has 3 amide bonds. The summed E-state index contributed by atoms with van der Waals surface area (Å²) < 4.78 is 0. The van der Waals surface area contributed by atoms with E-state index in [9.17, 15) is 14.4 Å². The molecule has 2 saturated heterocycles. The summed E-state index contributed by atoms with van der Waals surface area (Å²) in [5, 5.41) is 2.60. The highest BCUT2D eigenvalue weighted by Crippen LogP contribution is 2.21. The summed E-state index contributed by atoms with van der Waals surface area (Å²) in [7, 11) is 0. The van der Waals surface area contributed by atoms with Gasteiger partial charge < -0.3 is 20.9 Å². The van der Waals surface area contributed by atoms with E-state index in [1.807, 2.05) is 30.5 Å². The Morgan fingerprint density at radius 3 is 2.50 bits per heavy atom. The van der Waals surface area contributed by atoms with Gasteiger partial charge in [0.1, 0.15) is 6.04 Å². The van der Waals surface area contributed by atoms with Crippen molar-refractivity contribution in [3.8, 4) is 0 Å². The zero-order chi connectivity index (χ0) is 17.7. The first kappa shape index (κ1) is 19.1. The van der Waals surface area contributed by atoms with E-state index in [-0.39, 0.29) is 36.2 Å². The molecule has 2 aliphatic rings. The fourth-order valence-electron chi connectivity index (χ4n) is 3.00. The van der Waals surface area contributed by atoms with Gasteiger partial charge in [0, 0.05) is 31.1 Å². The van der Waals surface area contributed by atoms with Gasteiger partial charge in [-0.25, -0.2) is 0 Å². The number of rotatable bonds is 5. The molecule has 0 spiro atoms. The average Bonchev–Trinajstić information content (AvgIpc) is 3.08. The lowest BCUT2D eigenvalue weighted by Gasteiger charge is -2.32. The zero-order valence-corrected chi connectivity index (χ0v) is 15.3. The monoisotopic (exact) mass is 356 g/mol. The van der Waals surface area contributed by atoms with Crippen LogP contribution in [0.2, 0.25) is 0 Å². The fraction of sp³-hybridized carbons (Fsp3) is 0.812. The molecule has 0 bridgehead atoms. The first-order chi connectivity index (χ1) is 11.4. The number of carbonyl (C=O) groups is 3. The minimum absolute atomic E-state index is 0.0122. The Kier molecular flexibility index (Phi) is 6.91. The number of carbonyl (C=O) groups excluding carboxylic acids is 3. The Balaban J connectivity index is 1.88. The summed E-state index contributed by atoms with van der Waals surface area (Å²) in [5.74, 6) is 1.44. The highest BCUT2D eigenvalue weighted by atomic mass is 32.2. The molecule has 0 aromatic heterocycles. The molecular formula is C16H28N4O3S. The third kappa shape index (κ3) is 4.63. The second-order valence-corrected chi connectivity index (χ2v) is 7.90. The van der Waals surface area contributed by atoms with Crippen LogP contribution in [-0.4, -0.2) is 77.3 Å². The zero-order valence-electron chi connectivity index (χ0n) is 14.5. The molecule has 0 aliphatic carbocycles. The second kappa shape index (κ2) is 8.71. The molecule has 2 heterocycles. The number of hydrogen-bond donors (Lipinski definition) is 2. The molecule has 2 atom stereocenters. The smallest absolute Gasteiger partial charge is 0.245 e. The molecule has 136 valence electrons. The molecule has 0 saturated carbocycles. The van der Waals surface area contributed by atoms with E-state index in [2.05, 4.69) is 5.32 Å². The van der Waals surface area contributed by atoms with Crippen molar-refractivity contribution in [3.63, 3.8) is 0 Å². The molecule has 1 unspecified atom stereocenters. The molecule has 7 nitrogen and oxygen atoms in total. The summed E-state index contributed by atoms with van der Waals surface area (Å²) in [6, 6.07) is -1.00. The molecule has 8 heteroatoms. The highest BCUT2D eigenvalue weighted by molar-refractivity contribution is 7.99. The molecule has 24 heavy (non-hydrogen) atoms. The summed E-state index contributed by atoms with van der Waals surface area (Å²) in [6.07, 6.45) is 1.53. The van der Waals surface area contributed by atoms with Gasteiger partial charge in [-0.2, -0.15) is 11.8 Å². The first-order valence-corrected chi connectivity index (χ1v) is 9.76. The Labute approximate surface area is 147 Å². The van der Waals surface area contributed by atoms with Crippen LogP contribution in [-0.2, 0) is 14.4 Å². The van der Waals surface area contributed by atoms with Crippen molar-refractivity contribution >= 4 is 29.5 Å². The third-order valence-electron chi connectivity index (χ3n) is 4.62. The molecule has 0 aromatic carbocycles. The van der Waals surface area contributed by atoms with Crippen LogP contribution in [0.25, 0.3) is 0 Å². The van der Waals surface area contributed by atoms with E-state index >= 15 is 0 Å². The Bertz CT molecular complexity index is 480. The van der Waals surface area contributed by atoms with Crippen LogP contribution in [0.15, 0.2) is 0 Å². The molecule has 2 fully saturated rings. The summed E-state index contributed by atoms with van der Waals surface area (Å²) in [4.78, 5) is 40.5. The van der Waals surface area contributed by atoms with E-state index in [1.165, 1.54) is 0 Å². The number of nitrogens with two attached hydrogens (primary N) is 1. The van der Waals surface area contributed by atoms with Crippen molar-refractivity contribution in [2.75, 3.05) is 37.7 Å². The number of amides is 3. The van der Waals surface area contributed by atoms with Gasteiger partial charge in [0.2, 0.25) is 17.7 Å². The molecule has 0 aromatic rings. The van der Waals surface area contributed by atoms with E-state index in [4.69, 9.17) is 5.73 Å². The van der Waals surface area contributed by atoms with Gasteiger partial charge in [-0.05, 0) is 18.8 Å². The van der Waals surface area contributed by atoms with Crippen molar-refractivity contribution in [2.45, 2.75) is 38.8 Å². The largest absolute Gasteiger partial charge is 0.346 e. The maximum Gasteiger partial charge on any atom is 0.245 e. The number of nitrogens with zero attached hydrogens (tertiary/aromatic N) is 2. The van der Waals surface area contributed by atoms with Gasteiger partial charge in [-0.1, -0.05) is 13.8 Å². The summed E-state index contributed by atoms with van der Waals surface area (Å²) in [6.45, 7) is 5.70. The third-order valence-corrected chi connectivity index (χ3v) is 5.56. The van der Waals surface area contributed by atoms with Crippen molar-refractivity contribution < 1.29 is 14.4 Å². The molecule has 0 radical (unpaired) electrons. The SMILES string of the molecule is CC(C)[C@H](N)C(=O)NCC(=O)N1CCCC1C(=O)N1CCSCC1. The standard InChI is InChI=1S/C16H28N4O3S/c1-11(2)14(17)15(22)18-10-13(21)20-5-3-4-12(20)16(23)19-6-8-24-9-7-19/h11-12,14H,3-10,17H2,1-2H3,(H,18,22)/t12?,14-/m0/s1. The Morgan fingerprint density at radius 1 is 1.21 bits per heavy atom. The van der Waals surface area contributed by atoms with E-state index in [0.29, 0.717) is 13.0 Å². The van der Waals surface area contributed by atoms with E-state index in [1.54, 1.807) is 4.90 Å². The number of thioether (sulfide) groups is 1. The van der Waals surface area contributed by atoms with Crippen LogP contribution in [0.1, 0.15) is 26.7 Å². The quantitative estimate of drug-likeness (QED) is 0.702.